The molecule has 8 nitrogen and oxygen atoms in total. The number of nitrogens with zero attached hydrogens (tertiary/aromatic N) is 4. The summed E-state index contributed by atoms with van der Waals surface area (Å²) >= 11 is 0. The fourth-order valence-electron chi connectivity index (χ4n) is 3.91. The van der Waals surface area contributed by atoms with E-state index in [4.69, 9.17) is 15.9 Å². The Labute approximate surface area is 171 Å². The van der Waals surface area contributed by atoms with Gasteiger partial charge in [-0.1, -0.05) is 0 Å². The van der Waals surface area contributed by atoms with Gasteiger partial charge in [-0.05, 0) is 38.5 Å². The molecule has 0 radical (unpaired) electrons. The van der Waals surface area contributed by atoms with E-state index in [-0.39, 0.29) is 6.10 Å². The minimum absolute atomic E-state index is 0.0627. The molecule has 1 fully saturated rings. The van der Waals surface area contributed by atoms with E-state index in [0.29, 0.717) is 28.8 Å². The normalized spacial score (nSPS) is 18.6. The topological polar surface area (TPSA) is 95.4 Å². The molecule has 0 amide bonds. The van der Waals surface area contributed by atoms with Crippen molar-refractivity contribution >= 4 is 17.2 Å². The number of hydrogen-bond donors (Lipinski definition) is 3. The maximum absolute atomic E-state index is 8.75. The third kappa shape index (κ3) is 3.87. The van der Waals surface area contributed by atoms with E-state index in [1.807, 2.05) is 45.3 Å². The van der Waals surface area contributed by atoms with E-state index in [1.54, 1.807) is 10.7 Å². The molecule has 0 saturated carbocycles. The molecule has 2 aromatic rings. The number of nitrogen functional groups attached to an aromatic ring is 1. The molecular formula is C21H29N7O. The molecule has 154 valence electrons. The third-order valence-corrected chi connectivity index (χ3v) is 5.40. The zero-order valence-electron chi connectivity index (χ0n) is 17.2. The Bertz CT molecular complexity index is 933. The predicted molar refractivity (Wildman–Crippen MR) is 115 cm³/mol. The van der Waals surface area contributed by atoms with Crippen LogP contribution in [0.3, 0.4) is 0 Å². The van der Waals surface area contributed by atoms with Gasteiger partial charge in [0.2, 0.25) is 0 Å². The second-order valence-corrected chi connectivity index (χ2v) is 7.88. The van der Waals surface area contributed by atoms with Crippen LogP contribution in [0.1, 0.15) is 31.5 Å². The van der Waals surface area contributed by atoms with Crippen molar-refractivity contribution in [2.45, 2.75) is 32.4 Å². The molecule has 1 saturated heterocycles. The molecule has 2 aliphatic heterocycles. The van der Waals surface area contributed by atoms with Crippen molar-refractivity contribution in [3.05, 3.63) is 47.9 Å². The summed E-state index contributed by atoms with van der Waals surface area (Å²) in [5, 5.41) is 16.7. The van der Waals surface area contributed by atoms with Gasteiger partial charge < -0.3 is 25.6 Å². The van der Waals surface area contributed by atoms with E-state index < -0.39 is 0 Å². The van der Waals surface area contributed by atoms with Crippen molar-refractivity contribution in [3.63, 3.8) is 0 Å². The van der Waals surface area contributed by atoms with Crippen molar-refractivity contribution < 1.29 is 4.74 Å². The lowest BCUT2D eigenvalue weighted by Crippen LogP contribution is -2.34. The summed E-state index contributed by atoms with van der Waals surface area (Å²) in [5.41, 5.74) is 8.47. The standard InChI is InChI=1S/C21H29N7O/c1-14(2)29-16-4-5-18(22)17(10-16)21(23)19-11-20(25-26(19)3)27-8-6-15(12-27)28-9-7-24-13-28/h4-5,7,9-11,14-15,23-24H,6,8,12-13,22H2,1-3H3. The summed E-state index contributed by atoms with van der Waals surface area (Å²) < 4.78 is 7.54. The monoisotopic (exact) mass is 395 g/mol. The first-order chi connectivity index (χ1) is 13.9. The maximum Gasteiger partial charge on any atom is 0.151 e. The largest absolute Gasteiger partial charge is 0.491 e. The Morgan fingerprint density at radius 3 is 2.90 bits per heavy atom. The number of nitrogens with two attached hydrogens (primary N) is 1. The molecule has 4 N–H and O–H groups in total. The Balaban J connectivity index is 1.54. The average Bonchev–Trinajstić information content (AvgIpc) is 3.42. The highest BCUT2D eigenvalue weighted by molar-refractivity contribution is 6.13. The van der Waals surface area contributed by atoms with Crippen LogP contribution in [-0.2, 0) is 7.05 Å². The lowest BCUT2D eigenvalue weighted by atomic mass is 10.0. The van der Waals surface area contributed by atoms with E-state index in [2.05, 4.69) is 26.4 Å². The first-order valence-electron chi connectivity index (χ1n) is 10.0. The van der Waals surface area contributed by atoms with Crippen molar-refractivity contribution in [2.75, 3.05) is 30.4 Å². The minimum Gasteiger partial charge on any atom is -0.491 e. The zero-order valence-corrected chi connectivity index (χ0v) is 17.2. The maximum atomic E-state index is 8.75. The summed E-state index contributed by atoms with van der Waals surface area (Å²) in [6.45, 7) is 6.71. The summed E-state index contributed by atoms with van der Waals surface area (Å²) in [5.74, 6) is 1.62. The van der Waals surface area contributed by atoms with Crippen LogP contribution in [0.4, 0.5) is 11.5 Å². The molecule has 0 aliphatic carbocycles. The summed E-state index contributed by atoms with van der Waals surface area (Å²) in [6.07, 6.45) is 5.26. The predicted octanol–water partition coefficient (Wildman–Crippen LogP) is 2.12. The van der Waals surface area contributed by atoms with Crippen molar-refractivity contribution in [2.24, 2.45) is 7.05 Å². The van der Waals surface area contributed by atoms with Crippen LogP contribution in [0.25, 0.3) is 0 Å². The van der Waals surface area contributed by atoms with Gasteiger partial charge in [0.25, 0.3) is 0 Å². The first-order valence-corrected chi connectivity index (χ1v) is 10.0. The van der Waals surface area contributed by atoms with Gasteiger partial charge in [-0.25, -0.2) is 0 Å². The number of hydrogen-bond acceptors (Lipinski definition) is 7. The number of anilines is 2. The van der Waals surface area contributed by atoms with Gasteiger partial charge in [0.15, 0.2) is 5.82 Å². The van der Waals surface area contributed by atoms with Gasteiger partial charge in [0.1, 0.15) is 5.75 Å². The van der Waals surface area contributed by atoms with Gasteiger partial charge in [-0.3, -0.25) is 10.1 Å². The average molecular weight is 396 g/mol. The number of rotatable bonds is 6. The number of benzene rings is 1. The smallest absolute Gasteiger partial charge is 0.151 e. The Kier molecular flexibility index (Phi) is 5.08. The highest BCUT2D eigenvalue weighted by Gasteiger charge is 2.29. The summed E-state index contributed by atoms with van der Waals surface area (Å²) in [7, 11) is 1.87. The highest BCUT2D eigenvalue weighted by atomic mass is 16.5. The van der Waals surface area contributed by atoms with Crippen LogP contribution < -0.4 is 20.7 Å². The lowest BCUT2D eigenvalue weighted by molar-refractivity contribution is 0.242. The molecule has 8 heteroatoms. The van der Waals surface area contributed by atoms with Crippen molar-refractivity contribution in [1.29, 1.82) is 5.41 Å². The van der Waals surface area contributed by atoms with E-state index >= 15 is 0 Å². The van der Waals surface area contributed by atoms with Gasteiger partial charge in [0.05, 0.1) is 24.2 Å². The van der Waals surface area contributed by atoms with Crippen LogP contribution in [0.5, 0.6) is 5.75 Å². The highest BCUT2D eigenvalue weighted by Crippen LogP contribution is 2.27. The Morgan fingerprint density at radius 1 is 1.34 bits per heavy atom. The van der Waals surface area contributed by atoms with E-state index in [9.17, 15) is 0 Å². The zero-order chi connectivity index (χ0) is 20.5. The second kappa shape index (κ2) is 7.69. The fourth-order valence-corrected chi connectivity index (χ4v) is 3.91. The molecule has 1 atom stereocenters. The second-order valence-electron chi connectivity index (χ2n) is 7.88. The molecule has 1 aromatic carbocycles. The first kappa shape index (κ1) is 19.2. The van der Waals surface area contributed by atoms with Crippen LogP contribution in [0.2, 0.25) is 0 Å². The quantitative estimate of drug-likeness (QED) is 0.512. The van der Waals surface area contributed by atoms with Crippen LogP contribution in [-0.4, -0.2) is 52.3 Å². The number of aryl methyl sites for hydroxylation is 1. The van der Waals surface area contributed by atoms with Crippen molar-refractivity contribution in [3.8, 4) is 5.75 Å². The molecular weight excluding hydrogens is 366 g/mol. The third-order valence-electron chi connectivity index (χ3n) is 5.40. The number of ether oxygens (including phenoxy) is 1. The molecule has 0 spiro atoms. The number of aromatic nitrogens is 2. The molecule has 2 aliphatic rings. The van der Waals surface area contributed by atoms with Crippen LogP contribution >= 0.6 is 0 Å². The lowest BCUT2D eigenvalue weighted by Gasteiger charge is -2.23. The SMILES string of the molecule is CC(C)Oc1ccc(N)c(C(=N)c2cc(N3CCC(N4C=CNC4)C3)nn2C)c1. The minimum atomic E-state index is 0.0627. The van der Waals surface area contributed by atoms with Crippen LogP contribution in [0, 0.1) is 5.41 Å². The van der Waals surface area contributed by atoms with Gasteiger partial charge >= 0.3 is 0 Å². The Hall–Kier alpha value is -3.16. The molecule has 0 bridgehead atoms. The van der Waals surface area contributed by atoms with Crippen molar-refractivity contribution in [1.82, 2.24) is 20.0 Å². The molecule has 3 heterocycles. The Morgan fingerprint density at radius 2 is 2.17 bits per heavy atom. The number of nitrogens with one attached hydrogen (secondary N) is 2. The van der Waals surface area contributed by atoms with E-state index in [1.165, 1.54) is 0 Å². The van der Waals surface area contributed by atoms with Gasteiger partial charge in [-0.15, -0.1) is 0 Å². The molecule has 1 aromatic heterocycles. The van der Waals surface area contributed by atoms with Crippen LogP contribution in [0.15, 0.2) is 36.7 Å². The molecule has 4 rings (SSSR count). The van der Waals surface area contributed by atoms with Gasteiger partial charge in [-0.2, -0.15) is 5.10 Å². The van der Waals surface area contributed by atoms with E-state index in [0.717, 1.165) is 37.7 Å². The molecule has 29 heavy (non-hydrogen) atoms. The van der Waals surface area contributed by atoms with Gasteiger partial charge in [0, 0.05) is 55.9 Å². The summed E-state index contributed by atoms with van der Waals surface area (Å²) in [4.78, 5) is 4.61. The molecule has 1 unspecified atom stereocenters. The summed E-state index contributed by atoms with van der Waals surface area (Å²) in [6, 6.07) is 7.93. The fraction of sp³-hybridized carbons (Fsp3) is 0.429.